The second-order valence-electron chi connectivity index (χ2n) is 15.9. The fraction of sp³-hybridized carbons (Fsp3) is 0.864. The summed E-state index contributed by atoms with van der Waals surface area (Å²) < 4.78 is 33.5. The molecule has 340 valence electrons. The molecule has 0 spiro atoms. The Hall–Kier alpha value is -1.67. The molecule has 0 aromatic carbocycles. The van der Waals surface area contributed by atoms with Crippen LogP contribution in [0.15, 0.2) is 24.3 Å². The van der Waals surface area contributed by atoms with Gasteiger partial charge in [-0.25, -0.2) is 4.57 Å². The van der Waals surface area contributed by atoms with E-state index in [-0.39, 0.29) is 12.8 Å². The number of esters is 2. The zero-order chi connectivity index (χ0) is 42.9. The Morgan fingerprint density at radius 3 is 1.33 bits per heavy atom. The highest BCUT2D eigenvalue weighted by molar-refractivity contribution is 7.47. The van der Waals surface area contributed by atoms with Crippen molar-refractivity contribution in [2.75, 3.05) is 13.2 Å². The summed E-state index contributed by atoms with van der Waals surface area (Å²) in [6.07, 6.45) is 23.8. The molecule has 0 aromatic heterocycles. The van der Waals surface area contributed by atoms with Crippen LogP contribution in [0.25, 0.3) is 0 Å². The van der Waals surface area contributed by atoms with E-state index in [0.29, 0.717) is 12.8 Å². The Balaban J connectivity index is 2.49. The Kier molecular flexibility index (Phi) is 32.8. The number of rotatable bonds is 37. The lowest BCUT2D eigenvalue weighted by Crippen LogP contribution is -2.64. The summed E-state index contributed by atoms with van der Waals surface area (Å²) in [5, 5.41) is 50.1. The van der Waals surface area contributed by atoms with Gasteiger partial charge in [0, 0.05) is 12.8 Å². The first-order valence-corrected chi connectivity index (χ1v) is 24.1. The van der Waals surface area contributed by atoms with Gasteiger partial charge in [0.1, 0.15) is 43.2 Å². The average Bonchev–Trinajstić information content (AvgIpc) is 3.20. The Bertz CT molecular complexity index is 1120. The van der Waals surface area contributed by atoms with E-state index in [1.165, 1.54) is 83.5 Å². The summed E-state index contributed by atoms with van der Waals surface area (Å²) in [5.74, 6) is -1.12. The van der Waals surface area contributed by atoms with Crippen LogP contribution >= 0.6 is 7.82 Å². The number of carbonyl (C=O) groups is 2. The molecule has 0 heterocycles. The molecule has 0 bridgehead atoms. The van der Waals surface area contributed by atoms with Gasteiger partial charge in [-0.3, -0.25) is 18.6 Å². The molecule has 0 amide bonds. The van der Waals surface area contributed by atoms with Gasteiger partial charge < -0.3 is 39.9 Å². The van der Waals surface area contributed by atoms with Gasteiger partial charge >= 0.3 is 19.8 Å². The van der Waals surface area contributed by atoms with Gasteiger partial charge in [0.25, 0.3) is 0 Å². The molecule has 6 unspecified atom stereocenters. The summed E-state index contributed by atoms with van der Waals surface area (Å²) >= 11 is 0. The van der Waals surface area contributed by atoms with E-state index in [9.17, 15) is 44.6 Å². The monoisotopic (exact) mass is 849 g/mol. The van der Waals surface area contributed by atoms with Crippen molar-refractivity contribution >= 4 is 19.8 Å². The van der Waals surface area contributed by atoms with Crippen molar-refractivity contribution in [1.29, 1.82) is 0 Å². The molecule has 58 heavy (non-hydrogen) atoms. The summed E-state index contributed by atoms with van der Waals surface area (Å²) in [4.78, 5) is 35.6. The Labute approximate surface area is 349 Å². The molecule has 8 atom stereocenters. The summed E-state index contributed by atoms with van der Waals surface area (Å²) in [7, 11) is -5.12. The van der Waals surface area contributed by atoms with Gasteiger partial charge in [0.05, 0.1) is 6.61 Å². The Morgan fingerprint density at radius 2 is 0.879 bits per heavy atom. The van der Waals surface area contributed by atoms with Crippen LogP contribution in [-0.2, 0) is 32.7 Å². The summed E-state index contributed by atoms with van der Waals surface area (Å²) in [6.45, 7) is 3.26. The first-order chi connectivity index (χ1) is 27.9. The maximum atomic E-state index is 12.8. The summed E-state index contributed by atoms with van der Waals surface area (Å²) in [6, 6.07) is 0. The molecule has 0 aliphatic heterocycles. The van der Waals surface area contributed by atoms with Crippen LogP contribution < -0.4 is 0 Å². The number of unbranched alkanes of at least 4 members (excludes halogenated alkanes) is 21. The highest BCUT2D eigenvalue weighted by atomic mass is 31.2. The largest absolute Gasteiger partial charge is 0.472 e. The molecule has 1 aliphatic rings. The second-order valence-corrected chi connectivity index (χ2v) is 17.3. The van der Waals surface area contributed by atoms with Crippen LogP contribution in [0.3, 0.4) is 0 Å². The van der Waals surface area contributed by atoms with Crippen molar-refractivity contribution in [2.45, 2.75) is 230 Å². The minimum atomic E-state index is -5.12. The van der Waals surface area contributed by atoms with Crippen LogP contribution in [0.5, 0.6) is 0 Å². The van der Waals surface area contributed by atoms with Crippen LogP contribution in [0.2, 0.25) is 0 Å². The van der Waals surface area contributed by atoms with E-state index in [2.05, 4.69) is 38.2 Å². The molecule has 0 radical (unpaired) electrons. The van der Waals surface area contributed by atoms with E-state index in [4.69, 9.17) is 18.5 Å². The topological polar surface area (TPSA) is 210 Å². The number of hydrogen-bond acceptors (Lipinski definition) is 12. The minimum absolute atomic E-state index is 0.0851. The van der Waals surface area contributed by atoms with Crippen molar-refractivity contribution < 1.29 is 63.1 Å². The zero-order valence-electron chi connectivity index (χ0n) is 35.8. The zero-order valence-corrected chi connectivity index (χ0v) is 36.7. The number of ether oxygens (including phenoxy) is 2. The quantitative estimate of drug-likeness (QED) is 0.0150. The van der Waals surface area contributed by atoms with Gasteiger partial charge in [0.15, 0.2) is 6.10 Å². The number of allylic oxidation sites excluding steroid dienone is 4. The number of phosphoric ester groups is 1. The standard InChI is InChI=1S/C44H81O13P/c1-3-5-7-9-11-13-15-17-19-21-22-24-26-28-30-32-37(45)54-34-36(35-55-58(52,53)57-44-42(50)40(48)39(47)41(49)43(44)51)56-38(46)33-31-29-27-25-23-20-18-16-14-12-10-8-6-4-2/h16,18,21-22,36,39-44,47-51H,3-15,17,19-20,23-35H2,1-2H3,(H,52,53)/b18-16+,22-21+/t36-,39?,40-,41?,42?,43?,44?/m0/s1. The smallest absolute Gasteiger partial charge is 0.462 e. The third-order valence-electron chi connectivity index (χ3n) is 10.5. The van der Waals surface area contributed by atoms with E-state index < -0.39 is 75.7 Å². The third kappa shape index (κ3) is 27.2. The number of hydrogen-bond donors (Lipinski definition) is 6. The van der Waals surface area contributed by atoms with Gasteiger partial charge in [-0.15, -0.1) is 0 Å². The second kappa shape index (κ2) is 35.0. The maximum Gasteiger partial charge on any atom is 0.472 e. The van der Waals surface area contributed by atoms with E-state index in [0.717, 1.165) is 64.2 Å². The minimum Gasteiger partial charge on any atom is -0.462 e. The van der Waals surface area contributed by atoms with Crippen molar-refractivity contribution in [3.05, 3.63) is 24.3 Å². The predicted octanol–water partition coefficient (Wildman–Crippen LogP) is 8.45. The summed E-state index contributed by atoms with van der Waals surface area (Å²) in [5.41, 5.74) is 0. The molecule has 6 N–H and O–H groups in total. The van der Waals surface area contributed by atoms with Gasteiger partial charge in [-0.2, -0.15) is 0 Å². The molecule has 14 heteroatoms. The molecule has 13 nitrogen and oxygen atoms in total. The predicted molar refractivity (Wildman–Crippen MR) is 226 cm³/mol. The fourth-order valence-corrected chi connectivity index (χ4v) is 7.78. The van der Waals surface area contributed by atoms with Crippen molar-refractivity contribution in [3.8, 4) is 0 Å². The van der Waals surface area contributed by atoms with E-state index in [1.807, 2.05) is 0 Å². The maximum absolute atomic E-state index is 12.8. The molecule has 1 aliphatic carbocycles. The third-order valence-corrected chi connectivity index (χ3v) is 11.5. The molecular weight excluding hydrogens is 767 g/mol. The molecule has 1 rings (SSSR count). The first kappa shape index (κ1) is 54.3. The van der Waals surface area contributed by atoms with E-state index in [1.54, 1.807) is 0 Å². The van der Waals surface area contributed by atoms with Gasteiger partial charge in [-0.1, -0.05) is 134 Å². The van der Waals surface area contributed by atoms with Crippen molar-refractivity contribution in [2.24, 2.45) is 0 Å². The molecule has 0 aromatic rings. The van der Waals surface area contributed by atoms with E-state index >= 15 is 0 Å². The van der Waals surface area contributed by atoms with Crippen molar-refractivity contribution in [1.82, 2.24) is 0 Å². The SMILES string of the molecule is CCCCCCC/C=C/CCCCCCCC(=O)O[C@@H](COC(=O)CCCCC/C=C/CCCCCCCCCC)COP(=O)(O)OC1C(O)C(O)C(O)[C@H](O)C1O. The van der Waals surface area contributed by atoms with Crippen LogP contribution in [0.1, 0.15) is 187 Å². The van der Waals surface area contributed by atoms with Crippen LogP contribution in [-0.4, -0.2) is 98.3 Å². The van der Waals surface area contributed by atoms with Gasteiger partial charge in [-0.05, 0) is 64.2 Å². The molecular formula is C44H81O13P. The average molecular weight is 849 g/mol. The molecule has 0 saturated heterocycles. The van der Waals surface area contributed by atoms with Gasteiger partial charge in [0.2, 0.25) is 0 Å². The molecule has 1 fully saturated rings. The normalized spacial score (nSPS) is 22.7. The number of carbonyl (C=O) groups excluding carboxylic acids is 2. The van der Waals surface area contributed by atoms with Crippen LogP contribution in [0.4, 0.5) is 0 Å². The fourth-order valence-electron chi connectivity index (χ4n) is 6.81. The highest BCUT2D eigenvalue weighted by Crippen LogP contribution is 2.47. The highest BCUT2D eigenvalue weighted by Gasteiger charge is 2.51. The number of aliphatic hydroxyl groups is 5. The lowest BCUT2D eigenvalue weighted by molar-refractivity contribution is -0.220. The first-order valence-electron chi connectivity index (χ1n) is 22.6. The van der Waals surface area contributed by atoms with Crippen LogP contribution in [0, 0.1) is 0 Å². The lowest BCUT2D eigenvalue weighted by Gasteiger charge is -2.41. The Morgan fingerprint density at radius 1 is 0.517 bits per heavy atom. The number of phosphoric acid groups is 1. The molecule has 1 saturated carbocycles. The number of aliphatic hydroxyl groups excluding tert-OH is 5. The lowest BCUT2D eigenvalue weighted by atomic mass is 9.85. The van der Waals surface area contributed by atoms with Crippen molar-refractivity contribution in [3.63, 3.8) is 0 Å².